The van der Waals surface area contributed by atoms with Crippen LogP contribution in [0.1, 0.15) is 23.6 Å². The number of rotatable bonds is 10. The zero-order valence-electron chi connectivity index (χ0n) is 21.4. The van der Waals surface area contributed by atoms with Crippen molar-refractivity contribution in [3.63, 3.8) is 0 Å². The number of ether oxygens (including phenoxy) is 2. The second-order valence-electron chi connectivity index (χ2n) is 8.33. The summed E-state index contributed by atoms with van der Waals surface area (Å²) in [6.45, 7) is 5.73. The van der Waals surface area contributed by atoms with Crippen LogP contribution in [0.25, 0.3) is 6.08 Å². The van der Waals surface area contributed by atoms with Gasteiger partial charge in [-0.15, -0.1) is 0 Å². The van der Waals surface area contributed by atoms with Crippen LogP contribution in [0.5, 0.6) is 11.5 Å². The van der Waals surface area contributed by atoms with Gasteiger partial charge in [0, 0.05) is 23.5 Å². The Kier molecular flexibility index (Phi) is 9.78. The van der Waals surface area contributed by atoms with Gasteiger partial charge in [-0.3, -0.25) is 19.7 Å². The highest BCUT2D eigenvalue weighted by molar-refractivity contribution is 9.10. The molecule has 0 aromatic heterocycles. The Morgan fingerprint density at radius 1 is 1.05 bits per heavy atom. The lowest BCUT2D eigenvalue weighted by molar-refractivity contribution is -0.384. The topological polar surface area (TPSA) is 144 Å². The molecule has 0 spiro atoms. The Morgan fingerprint density at radius 3 is 2.46 bits per heavy atom. The lowest BCUT2D eigenvalue weighted by Gasteiger charge is -2.15. The highest BCUT2D eigenvalue weighted by atomic mass is 79.9. The normalized spacial score (nSPS) is 10.8. The van der Waals surface area contributed by atoms with E-state index in [0.29, 0.717) is 28.1 Å². The van der Waals surface area contributed by atoms with Crippen molar-refractivity contribution in [1.82, 2.24) is 0 Å². The first kappa shape index (κ1) is 28.9. The molecule has 39 heavy (non-hydrogen) atoms. The fourth-order valence-corrected chi connectivity index (χ4v) is 4.01. The lowest BCUT2D eigenvalue weighted by atomic mass is 10.1. The Labute approximate surface area is 233 Å². The summed E-state index contributed by atoms with van der Waals surface area (Å²) in [4.78, 5) is 35.6. The highest BCUT2D eigenvalue weighted by Gasteiger charge is 2.17. The van der Waals surface area contributed by atoms with Crippen molar-refractivity contribution in [2.45, 2.75) is 20.8 Å². The third-order valence-electron chi connectivity index (χ3n) is 5.46. The minimum absolute atomic E-state index is 0.175. The van der Waals surface area contributed by atoms with Gasteiger partial charge in [-0.05, 0) is 89.8 Å². The third kappa shape index (κ3) is 7.90. The van der Waals surface area contributed by atoms with Crippen LogP contribution in [0.3, 0.4) is 0 Å². The summed E-state index contributed by atoms with van der Waals surface area (Å²) in [6.07, 6.45) is 1.34. The van der Waals surface area contributed by atoms with Crippen molar-refractivity contribution in [3.05, 3.63) is 91.4 Å². The van der Waals surface area contributed by atoms with Gasteiger partial charge in [-0.1, -0.05) is 12.1 Å². The first-order chi connectivity index (χ1) is 18.6. The monoisotopic (exact) mass is 592 g/mol. The van der Waals surface area contributed by atoms with Crippen molar-refractivity contribution < 1.29 is 24.0 Å². The van der Waals surface area contributed by atoms with Crippen LogP contribution in [0.15, 0.2) is 64.6 Å². The molecule has 3 aromatic rings. The van der Waals surface area contributed by atoms with E-state index in [9.17, 15) is 25.0 Å². The maximum absolute atomic E-state index is 12.7. The Bertz CT molecular complexity index is 1500. The van der Waals surface area contributed by atoms with Crippen LogP contribution in [0.4, 0.5) is 17.1 Å². The molecule has 0 radical (unpaired) electrons. The van der Waals surface area contributed by atoms with Crippen molar-refractivity contribution in [1.29, 1.82) is 5.26 Å². The quantitative estimate of drug-likeness (QED) is 0.128. The fraction of sp³-hybridized carbons (Fsp3) is 0.179. The minimum Gasteiger partial charge on any atom is -0.490 e. The number of nitrogens with one attached hydrogen (secondary N) is 2. The second-order valence-corrected chi connectivity index (χ2v) is 9.18. The molecule has 11 heteroatoms. The molecule has 0 heterocycles. The molecule has 0 aliphatic rings. The molecule has 0 atom stereocenters. The number of nitriles is 1. The first-order valence-electron chi connectivity index (χ1n) is 11.7. The van der Waals surface area contributed by atoms with Crippen molar-refractivity contribution in [2.75, 3.05) is 23.8 Å². The number of carbonyl (C=O) groups excluding carboxylic acids is 2. The zero-order chi connectivity index (χ0) is 28.5. The lowest BCUT2D eigenvalue weighted by Crippen LogP contribution is -2.20. The van der Waals surface area contributed by atoms with Crippen molar-refractivity contribution in [2.24, 2.45) is 0 Å². The number of anilines is 2. The van der Waals surface area contributed by atoms with E-state index in [2.05, 4.69) is 26.6 Å². The molecular formula is C28H25BrN4O6. The molecule has 0 saturated carbocycles. The minimum atomic E-state index is -0.740. The molecule has 0 fully saturated rings. The molecular weight excluding hydrogens is 568 g/mol. The van der Waals surface area contributed by atoms with E-state index in [1.54, 1.807) is 19.1 Å². The molecule has 3 aromatic carbocycles. The van der Waals surface area contributed by atoms with E-state index in [1.165, 1.54) is 30.3 Å². The number of nitro benzene ring substituents is 1. The summed E-state index contributed by atoms with van der Waals surface area (Å²) in [5.41, 5.74) is 3.01. The average molecular weight is 593 g/mol. The van der Waals surface area contributed by atoms with Gasteiger partial charge in [0.2, 0.25) is 0 Å². The molecule has 2 N–H and O–H groups in total. The molecule has 200 valence electrons. The summed E-state index contributed by atoms with van der Waals surface area (Å²) < 4.78 is 11.9. The van der Waals surface area contributed by atoms with Crippen molar-refractivity contribution in [3.8, 4) is 17.6 Å². The Balaban J connectivity index is 1.77. The first-order valence-corrected chi connectivity index (χ1v) is 12.5. The largest absolute Gasteiger partial charge is 0.490 e. The van der Waals surface area contributed by atoms with E-state index in [4.69, 9.17) is 9.47 Å². The maximum atomic E-state index is 12.7. The van der Waals surface area contributed by atoms with Gasteiger partial charge in [0.05, 0.1) is 16.0 Å². The van der Waals surface area contributed by atoms with E-state index in [0.717, 1.165) is 11.1 Å². The second kappa shape index (κ2) is 13.2. The van der Waals surface area contributed by atoms with Crippen molar-refractivity contribution >= 4 is 50.9 Å². The Hall–Kier alpha value is -4.69. The fourth-order valence-electron chi connectivity index (χ4n) is 3.44. The number of aryl methyl sites for hydroxylation is 2. The number of hydrogen-bond acceptors (Lipinski definition) is 7. The van der Waals surface area contributed by atoms with Gasteiger partial charge in [-0.25, -0.2) is 0 Å². The molecule has 10 nitrogen and oxygen atoms in total. The molecule has 0 saturated heterocycles. The third-order valence-corrected chi connectivity index (χ3v) is 6.05. The van der Waals surface area contributed by atoms with Gasteiger partial charge in [0.1, 0.15) is 11.6 Å². The maximum Gasteiger partial charge on any atom is 0.271 e. The number of hydrogen-bond donors (Lipinski definition) is 2. The summed E-state index contributed by atoms with van der Waals surface area (Å²) in [5, 5.41) is 25.8. The van der Waals surface area contributed by atoms with Gasteiger partial charge < -0.3 is 20.1 Å². The number of nitrogens with zero attached hydrogens (tertiary/aromatic N) is 2. The molecule has 3 rings (SSSR count). The summed E-state index contributed by atoms with van der Waals surface area (Å²) >= 11 is 3.41. The number of benzene rings is 3. The Morgan fingerprint density at radius 2 is 1.79 bits per heavy atom. The van der Waals surface area contributed by atoms with Gasteiger partial charge in [0.15, 0.2) is 18.1 Å². The average Bonchev–Trinajstić information content (AvgIpc) is 2.89. The van der Waals surface area contributed by atoms with Gasteiger partial charge in [0.25, 0.3) is 17.5 Å². The van der Waals surface area contributed by atoms with E-state index < -0.39 is 10.8 Å². The van der Waals surface area contributed by atoms with Crippen LogP contribution < -0.4 is 20.1 Å². The van der Waals surface area contributed by atoms with Gasteiger partial charge >= 0.3 is 0 Å². The van der Waals surface area contributed by atoms with Crippen LogP contribution in [0.2, 0.25) is 0 Å². The molecule has 0 aliphatic heterocycles. The SMILES string of the molecule is CCOc1cc(/C=C(/C#N)C(=O)Nc2cccc([N+](=O)[O-])c2)cc(Br)c1OCC(=O)Nc1ccc(C)c(C)c1. The van der Waals surface area contributed by atoms with E-state index in [-0.39, 0.29) is 35.2 Å². The van der Waals surface area contributed by atoms with Crippen LogP contribution in [-0.2, 0) is 9.59 Å². The standard InChI is InChI=1S/C28H25BrN4O6/c1-4-38-25-13-19(11-20(15-30)28(35)32-21-6-5-7-23(14-21)33(36)37)12-24(29)27(25)39-16-26(34)31-22-9-8-17(2)18(3)10-22/h5-14H,4,16H2,1-3H3,(H,31,34)(H,32,35)/b20-11-. The predicted octanol–water partition coefficient (Wildman–Crippen LogP) is 5.94. The highest BCUT2D eigenvalue weighted by Crippen LogP contribution is 2.37. The van der Waals surface area contributed by atoms with Crippen LogP contribution >= 0.6 is 15.9 Å². The van der Waals surface area contributed by atoms with Gasteiger partial charge in [-0.2, -0.15) is 5.26 Å². The molecule has 2 amide bonds. The number of amides is 2. The van der Waals surface area contributed by atoms with E-state index in [1.807, 2.05) is 38.1 Å². The van der Waals surface area contributed by atoms with E-state index >= 15 is 0 Å². The molecule has 0 unspecified atom stereocenters. The number of non-ortho nitro benzene ring substituents is 1. The predicted molar refractivity (Wildman–Crippen MR) is 151 cm³/mol. The number of halogens is 1. The zero-order valence-corrected chi connectivity index (χ0v) is 23.0. The number of nitro groups is 1. The summed E-state index contributed by atoms with van der Waals surface area (Å²) in [7, 11) is 0. The summed E-state index contributed by atoms with van der Waals surface area (Å²) in [6, 6.07) is 16.0. The molecule has 0 bridgehead atoms. The smallest absolute Gasteiger partial charge is 0.271 e. The van der Waals surface area contributed by atoms with Crippen LogP contribution in [-0.4, -0.2) is 30.0 Å². The molecule has 0 aliphatic carbocycles. The van der Waals surface area contributed by atoms with Crippen LogP contribution in [0, 0.1) is 35.3 Å². The summed E-state index contributed by atoms with van der Waals surface area (Å²) in [5.74, 6) is -0.520. The number of carbonyl (C=O) groups is 2.